The quantitative estimate of drug-likeness (QED) is 0.612. The molecule has 0 aliphatic heterocycles. The fourth-order valence-electron chi connectivity index (χ4n) is 3.12. The predicted molar refractivity (Wildman–Crippen MR) is 113 cm³/mol. The van der Waals surface area contributed by atoms with Crippen molar-refractivity contribution in [3.8, 4) is 17.4 Å². The van der Waals surface area contributed by atoms with Crippen molar-refractivity contribution in [2.45, 2.75) is 46.3 Å². The van der Waals surface area contributed by atoms with Crippen LogP contribution in [0.2, 0.25) is 0 Å². The van der Waals surface area contributed by atoms with Crippen molar-refractivity contribution in [1.82, 2.24) is 25.3 Å². The average molecular weight is 409 g/mol. The van der Waals surface area contributed by atoms with Gasteiger partial charge in [0.15, 0.2) is 5.82 Å². The van der Waals surface area contributed by atoms with Crippen LogP contribution in [0.3, 0.4) is 0 Å². The number of carbonyl (C=O) groups excluding carboxylic acids is 1. The molecule has 2 aromatic heterocycles. The molecule has 1 atom stereocenters. The highest BCUT2D eigenvalue weighted by Crippen LogP contribution is 2.21. The van der Waals surface area contributed by atoms with Gasteiger partial charge in [0.2, 0.25) is 5.88 Å². The summed E-state index contributed by atoms with van der Waals surface area (Å²) in [6, 6.07) is 11.0. The monoisotopic (exact) mass is 409 g/mol. The second-order valence-corrected chi connectivity index (χ2v) is 7.14. The molecule has 158 valence electrons. The minimum atomic E-state index is -0.193. The van der Waals surface area contributed by atoms with Crippen LogP contribution >= 0.6 is 0 Å². The number of carbonyl (C=O) groups is 1. The van der Waals surface area contributed by atoms with E-state index in [0.29, 0.717) is 23.7 Å². The molecule has 3 aromatic rings. The van der Waals surface area contributed by atoms with Crippen LogP contribution in [0.5, 0.6) is 11.6 Å². The van der Waals surface area contributed by atoms with E-state index in [-0.39, 0.29) is 18.1 Å². The largest absolute Gasteiger partial charge is 0.491 e. The van der Waals surface area contributed by atoms with Crippen LogP contribution in [-0.2, 0) is 6.42 Å². The molecule has 0 radical (unpaired) electrons. The Kier molecular flexibility index (Phi) is 6.66. The lowest BCUT2D eigenvalue weighted by Crippen LogP contribution is -2.27. The van der Waals surface area contributed by atoms with Gasteiger partial charge in [-0.25, -0.2) is 4.68 Å². The standard InChI is InChI=1S/C22H27N5O3/c1-6-19-18(13-23-27(19)20-10-11-21(29-5)26-25-20)22(28)24-15(4)16-8-7-9-17(12-16)30-14(2)3/h7-15H,6H2,1-5H3,(H,24,28)/t15-/m0/s1. The highest BCUT2D eigenvalue weighted by molar-refractivity contribution is 5.95. The summed E-state index contributed by atoms with van der Waals surface area (Å²) in [4.78, 5) is 13.0. The molecule has 0 aliphatic carbocycles. The van der Waals surface area contributed by atoms with Crippen LogP contribution < -0.4 is 14.8 Å². The van der Waals surface area contributed by atoms with Crippen LogP contribution in [0.15, 0.2) is 42.6 Å². The Morgan fingerprint density at radius 3 is 2.60 bits per heavy atom. The molecule has 1 amide bonds. The zero-order chi connectivity index (χ0) is 21.7. The highest BCUT2D eigenvalue weighted by atomic mass is 16.5. The van der Waals surface area contributed by atoms with Gasteiger partial charge in [0.25, 0.3) is 5.91 Å². The third-order valence-corrected chi connectivity index (χ3v) is 4.58. The summed E-state index contributed by atoms with van der Waals surface area (Å²) in [5.74, 6) is 1.53. The van der Waals surface area contributed by atoms with Gasteiger partial charge < -0.3 is 14.8 Å². The topological polar surface area (TPSA) is 91.2 Å². The lowest BCUT2D eigenvalue weighted by atomic mass is 10.1. The second-order valence-electron chi connectivity index (χ2n) is 7.14. The van der Waals surface area contributed by atoms with Gasteiger partial charge in [-0.15, -0.1) is 10.2 Å². The van der Waals surface area contributed by atoms with Gasteiger partial charge in [-0.3, -0.25) is 4.79 Å². The van der Waals surface area contributed by atoms with E-state index in [4.69, 9.17) is 9.47 Å². The summed E-state index contributed by atoms with van der Waals surface area (Å²) in [7, 11) is 1.53. The Morgan fingerprint density at radius 2 is 1.97 bits per heavy atom. The van der Waals surface area contributed by atoms with E-state index in [2.05, 4.69) is 20.6 Å². The average Bonchev–Trinajstić information content (AvgIpc) is 3.17. The molecule has 0 aliphatic rings. The number of benzene rings is 1. The fourth-order valence-corrected chi connectivity index (χ4v) is 3.12. The molecular weight excluding hydrogens is 382 g/mol. The molecule has 1 N–H and O–H groups in total. The lowest BCUT2D eigenvalue weighted by molar-refractivity contribution is 0.0938. The van der Waals surface area contributed by atoms with Crippen molar-refractivity contribution in [1.29, 1.82) is 0 Å². The van der Waals surface area contributed by atoms with Crippen molar-refractivity contribution in [2.24, 2.45) is 0 Å². The number of hydrogen-bond acceptors (Lipinski definition) is 6. The highest BCUT2D eigenvalue weighted by Gasteiger charge is 2.20. The molecule has 1 aromatic carbocycles. The summed E-state index contributed by atoms with van der Waals surface area (Å²) in [5.41, 5.74) is 2.24. The zero-order valence-corrected chi connectivity index (χ0v) is 17.9. The van der Waals surface area contributed by atoms with Crippen molar-refractivity contribution in [3.63, 3.8) is 0 Å². The van der Waals surface area contributed by atoms with E-state index in [0.717, 1.165) is 17.0 Å². The molecule has 0 bridgehead atoms. The lowest BCUT2D eigenvalue weighted by Gasteiger charge is -2.17. The second kappa shape index (κ2) is 9.39. The maximum atomic E-state index is 13.0. The van der Waals surface area contributed by atoms with Gasteiger partial charge in [-0.2, -0.15) is 5.10 Å². The molecule has 8 heteroatoms. The minimum absolute atomic E-state index is 0.0872. The van der Waals surface area contributed by atoms with E-state index in [9.17, 15) is 4.79 Å². The Hall–Kier alpha value is -3.42. The van der Waals surface area contributed by atoms with Crippen LogP contribution in [0.25, 0.3) is 5.82 Å². The predicted octanol–water partition coefficient (Wildman–Crippen LogP) is 3.51. The van der Waals surface area contributed by atoms with E-state index in [1.807, 2.05) is 52.0 Å². The number of amides is 1. The SMILES string of the molecule is CCc1c(C(=O)N[C@@H](C)c2cccc(OC(C)C)c2)cnn1-c1ccc(OC)nn1. The Morgan fingerprint density at radius 1 is 1.17 bits per heavy atom. The number of nitrogens with zero attached hydrogens (tertiary/aromatic N) is 4. The summed E-state index contributed by atoms with van der Waals surface area (Å²) in [6.45, 7) is 7.87. The van der Waals surface area contributed by atoms with E-state index in [1.54, 1.807) is 23.0 Å². The molecule has 0 saturated carbocycles. The van der Waals surface area contributed by atoms with Gasteiger partial charge in [-0.05, 0) is 51.0 Å². The van der Waals surface area contributed by atoms with Gasteiger partial charge in [0.05, 0.1) is 36.7 Å². The first-order valence-electron chi connectivity index (χ1n) is 9.95. The molecule has 3 rings (SSSR count). The normalized spacial score (nSPS) is 11.9. The Labute approximate surface area is 176 Å². The molecule has 0 spiro atoms. The first-order valence-corrected chi connectivity index (χ1v) is 9.95. The maximum absolute atomic E-state index is 13.0. The van der Waals surface area contributed by atoms with E-state index >= 15 is 0 Å². The molecule has 2 heterocycles. The first-order chi connectivity index (χ1) is 14.4. The van der Waals surface area contributed by atoms with Crippen LogP contribution in [0.4, 0.5) is 0 Å². The van der Waals surface area contributed by atoms with Crippen LogP contribution in [0, 0.1) is 0 Å². The van der Waals surface area contributed by atoms with E-state index in [1.165, 1.54) is 7.11 Å². The van der Waals surface area contributed by atoms with Gasteiger partial charge in [0.1, 0.15) is 5.75 Å². The number of rotatable bonds is 8. The van der Waals surface area contributed by atoms with Crippen molar-refractivity contribution in [2.75, 3.05) is 7.11 Å². The number of aromatic nitrogens is 4. The van der Waals surface area contributed by atoms with Crippen LogP contribution in [0.1, 0.15) is 55.4 Å². The van der Waals surface area contributed by atoms with Crippen molar-refractivity contribution >= 4 is 5.91 Å². The maximum Gasteiger partial charge on any atom is 0.255 e. The smallest absolute Gasteiger partial charge is 0.255 e. The van der Waals surface area contributed by atoms with E-state index < -0.39 is 0 Å². The van der Waals surface area contributed by atoms with Gasteiger partial charge >= 0.3 is 0 Å². The molecule has 0 unspecified atom stereocenters. The van der Waals surface area contributed by atoms with Crippen molar-refractivity contribution in [3.05, 3.63) is 59.4 Å². The van der Waals surface area contributed by atoms with Crippen LogP contribution in [-0.4, -0.2) is 39.1 Å². The van der Waals surface area contributed by atoms with Gasteiger partial charge in [-0.1, -0.05) is 19.1 Å². The van der Waals surface area contributed by atoms with Gasteiger partial charge in [0, 0.05) is 6.07 Å². The molecule has 30 heavy (non-hydrogen) atoms. The third kappa shape index (κ3) is 4.76. The number of methoxy groups -OCH3 is 1. The Bertz CT molecular complexity index is 998. The minimum Gasteiger partial charge on any atom is -0.491 e. The molecule has 0 fully saturated rings. The Balaban J connectivity index is 1.79. The summed E-state index contributed by atoms with van der Waals surface area (Å²) >= 11 is 0. The summed E-state index contributed by atoms with van der Waals surface area (Å²) in [5, 5.41) is 15.5. The fraction of sp³-hybridized carbons (Fsp3) is 0.364. The molecular formula is C22H27N5O3. The number of ether oxygens (including phenoxy) is 2. The van der Waals surface area contributed by atoms with Crippen molar-refractivity contribution < 1.29 is 14.3 Å². The number of nitrogens with one attached hydrogen (secondary N) is 1. The summed E-state index contributed by atoms with van der Waals surface area (Å²) < 4.78 is 12.4. The summed E-state index contributed by atoms with van der Waals surface area (Å²) in [6.07, 6.45) is 2.26. The first kappa shape index (κ1) is 21.3. The number of hydrogen-bond donors (Lipinski definition) is 1. The molecule has 8 nitrogen and oxygen atoms in total. The molecule has 0 saturated heterocycles. The zero-order valence-electron chi connectivity index (χ0n) is 17.9. The third-order valence-electron chi connectivity index (χ3n) is 4.58.